The summed E-state index contributed by atoms with van der Waals surface area (Å²) in [6, 6.07) is 8.97. The molecular weight excluding hydrogens is 485 g/mol. The van der Waals surface area contributed by atoms with Crippen molar-refractivity contribution in [2.45, 2.75) is 51.3 Å². The van der Waals surface area contributed by atoms with Crippen molar-refractivity contribution in [3.05, 3.63) is 59.9 Å². The molecule has 7 nitrogen and oxygen atoms in total. The number of aryl methyl sites for hydroxylation is 1. The number of aromatic nitrogens is 4. The Balaban J connectivity index is 1.27. The summed E-state index contributed by atoms with van der Waals surface area (Å²) < 4.78 is 45.1. The molecule has 0 radical (unpaired) electrons. The molecule has 1 aliphatic rings. The van der Waals surface area contributed by atoms with Crippen molar-refractivity contribution in [3.63, 3.8) is 0 Å². The van der Waals surface area contributed by atoms with Crippen molar-refractivity contribution >= 4 is 17.0 Å². The quantitative estimate of drug-likeness (QED) is 0.310. The maximum absolute atomic E-state index is 13.0. The molecule has 3 heterocycles. The monoisotopic (exact) mass is 510 g/mol. The molecule has 1 aliphatic carbocycles. The number of nitrogens with zero attached hydrogens (tertiary/aromatic N) is 3. The maximum Gasteiger partial charge on any atom is 0.416 e. The normalized spacial score (nSPS) is 18.2. The van der Waals surface area contributed by atoms with Gasteiger partial charge in [0.1, 0.15) is 11.9 Å². The van der Waals surface area contributed by atoms with Crippen LogP contribution in [0.2, 0.25) is 0 Å². The minimum atomic E-state index is -4.42. The van der Waals surface area contributed by atoms with Gasteiger partial charge in [-0.2, -0.15) is 13.2 Å². The molecule has 0 atom stereocenters. The van der Waals surface area contributed by atoms with E-state index in [-0.39, 0.29) is 18.4 Å². The van der Waals surface area contributed by atoms with Gasteiger partial charge in [0.15, 0.2) is 0 Å². The molecule has 1 fully saturated rings. The average molecular weight is 511 g/mol. The van der Waals surface area contributed by atoms with E-state index in [0.717, 1.165) is 48.9 Å². The average Bonchev–Trinajstić information content (AvgIpc) is 3.29. The molecule has 1 aromatic carbocycles. The highest BCUT2D eigenvalue weighted by Gasteiger charge is 2.31. The highest BCUT2D eigenvalue weighted by molar-refractivity contribution is 5.80. The first-order valence-corrected chi connectivity index (χ1v) is 12.0. The van der Waals surface area contributed by atoms with E-state index in [1.54, 1.807) is 18.5 Å². The molecule has 192 valence electrons. The number of benzene rings is 1. The van der Waals surface area contributed by atoms with E-state index in [0.29, 0.717) is 34.0 Å². The molecule has 4 aromatic rings. The minimum Gasteiger partial charge on any atom is -0.481 e. The third-order valence-electron chi connectivity index (χ3n) is 6.71. The van der Waals surface area contributed by atoms with E-state index < -0.39 is 17.7 Å². The molecule has 0 spiro atoms. The molecular formula is C27H25F3N4O3. The van der Waals surface area contributed by atoms with Gasteiger partial charge in [0.25, 0.3) is 0 Å². The van der Waals surface area contributed by atoms with E-state index in [4.69, 9.17) is 9.84 Å². The Kier molecular flexibility index (Phi) is 6.57. The number of ether oxygens (including phenoxy) is 1. The van der Waals surface area contributed by atoms with Gasteiger partial charge in [-0.15, -0.1) is 0 Å². The molecule has 1 saturated carbocycles. The molecule has 2 N–H and O–H groups in total. The second kappa shape index (κ2) is 9.84. The summed E-state index contributed by atoms with van der Waals surface area (Å²) in [4.78, 5) is 27.2. The lowest BCUT2D eigenvalue weighted by molar-refractivity contribution is -0.139. The summed E-state index contributed by atoms with van der Waals surface area (Å²) in [5.41, 5.74) is 3.03. The highest BCUT2D eigenvalue weighted by atomic mass is 19.4. The number of alkyl halides is 3. The van der Waals surface area contributed by atoms with E-state index in [1.807, 2.05) is 19.1 Å². The first-order chi connectivity index (χ1) is 17.7. The van der Waals surface area contributed by atoms with Gasteiger partial charge in [0.05, 0.1) is 22.3 Å². The highest BCUT2D eigenvalue weighted by Crippen LogP contribution is 2.33. The molecule has 0 unspecified atom stereocenters. The molecule has 0 amide bonds. The van der Waals surface area contributed by atoms with Gasteiger partial charge in [0.2, 0.25) is 5.88 Å². The number of rotatable bonds is 6. The number of carboxylic acid groups (broad SMARTS) is 1. The lowest BCUT2D eigenvalue weighted by Gasteiger charge is -2.28. The van der Waals surface area contributed by atoms with E-state index in [9.17, 15) is 18.0 Å². The van der Waals surface area contributed by atoms with Gasteiger partial charge >= 0.3 is 12.1 Å². The fourth-order valence-electron chi connectivity index (χ4n) is 4.71. The summed E-state index contributed by atoms with van der Waals surface area (Å²) in [5.74, 6) is 0.447. The van der Waals surface area contributed by atoms with Gasteiger partial charge in [0, 0.05) is 35.5 Å². The van der Waals surface area contributed by atoms with Gasteiger partial charge in [-0.25, -0.2) is 9.97 Å². The Morgan fingerprint density at radius 1 is 1.05 bits per heavy atom. The zero-order valence-corrected chi connectivity index (χ0v) is 20.0. The van der Waals surface area contributed by atoms with Crippen molar-refractivity contribution in [1.82, 2.24) is 19.9 Å². The summed E-state index contributed by atoms with van der Waals surface area (Å²) in [7, 11) is 0. The number of carboxylic acids is 1. The van der Waals surface area contributed by atoms with Gasteiger partial charge in [-0.3, -0.25) is 9.78 Å². The lowest BCUT2D eigenvalue weighted by Crippen LogP contribution is -2.25. The predicted octanol–water partition coefficient (Wildman–Crippen LogP) is 6.43. The Labute approximate surface area is 210 Å². The largest absolute Gasteiger partial charge is 0.481 e. The van der Waals surface area contributed by atoms with Crippen LogP contribution in [0.4, 0.5) is 13.2 Å². The summed E-state index contributed by atoms with van der Waals surface area (Å²) >= 11 is 0. The van der Waals surface area contributed by atoms with Crippen LogP contribution in [0.5, 0.6) is 5.88 Å². The maximum atomic E-state index is 13.0. The molecule has 0 saturated heterocycles. The molecule has 10 heteroatoms. The summed E-state index contributed by atoms with van der Waals surface area (Å²) in [5, 5.41) is 8.97. The second-order valence-electron chi connectivity index (χ2n) is 9.45. The fourth-order valence-corrected chi connectivity index (χ4v) is 4.71. The minimum absolute atomic E-state index is 0.0236. The Morgan fingerprint density at radius 2 is 1.81 bits per heavy atom. The van der Waals surface area contributed by atoms with Gasteiger partial charge in [-0.05, 0) is 74.9 Å². The molecule has 37 heavy (non-hydrogen) atoms. The number of halogens is 3. The second-order valence-corrected chi connectivity index (χ2v) is 9.45. The molecule has 5 rings (SSSR count). The zero-order chi connectivity index (χ0) is 26.2. The number of aliphatic carboxylic acids is 1. The van der Waals surface area contributed by atoms with Crippen molar-refractivity contribution in [3.8, 4) is 28.5 Å². The molecule has 3 aromatic heterocycles. The van der Waals surface area contributed by atoms with Crippen molar-refractivity contribution in [2.75, 3.05) is 0 Å². The topological polar surface area (TPSA) is 101 Å². The number of nitrogens with one attached hydrogen (secondary N) is 1. The van der Waals surface area contributed by atoms with Crippen LogP contribution in [-0.2, 0) is 11.0 Å². The Morgan fingerprint density at radius 3 is 2.46 bits per heavy atom. The number of aromatic amines is 1. The fraction of sp³-hybridized carbons (Fsp3) is 0.333. The van der Waals surface area contributed by atoms with Gasteiger partial charge < -0.3 is 14.8 Å². The number of fused-ring (bicyclic) bond motifs is 1. The summed E-state index contributed by atoms with van der Waals surface area (Å²) in [6.07, 6.45) is 2.41. The van der Waals surface area contributed by atoms with Crippen molar-refractivity contribution in [1.29, 1.82) is 0 Å². The number of hydrogen-bond acceptors (Lipinski definition) is 5. The lowest BCUT2D eigenvalue weighted by atomic mass is 9.85. The van der Waals surface area contributed by atoms with Crippen molar-refractivity contribution < 1.29 is 27.8 Å². The summed E-state index contributed by atoms with van der Waals surface area (Å²) in [6.45, 7) is 1.92. The third-order valence-corrected chi connectivity index (χ3v) is 6.71. The van der Waals surface area contributed by atoms with Crippen LogP contribution in [0.25, 0.3) is 33.7 Å². The smallest absolute Gasteiger partial charge is 0.416 e. The molecule has 0 bridgehead atoms. The van der Waals surface area contributed by atoms with Crippen LogP contribution in [0.1, 0.15) is 43.2 Å². The number of carbonyl (C=O) groups is 1. The SMILES string of the molecule is Cc1cc(-c2ccc(-c3nc4ccc(C(F)(F)F)cc4[nH]3)cn2)cnc1OC1CCC(CC(=O)O)CC1. The number of imidazole rings is 1. The third kappa shape index (κ3) is 5.58. The van der Waals surface area contributed by atoms with Crippen LogP contribution in [0, 0.1) is 12.8 Å². The zero-order valence-electron chi connectivity index (χ0n) is 20.0. The van der Waals surface area contributed by atoms with Crippen LogP contribution < -0.4 is 4.74 Å². The van der Waals surface area contributed by atoms with Gasteiger partial charge in [-0.1, -0.05) is 0 Å². The first-order valence-electron chi connectivity index (χ1n) is 12.0. The number of pyridine rings is 2. The van der Waals surface area contributed by atoms with Crippen LogP contribution in [0.15, 0.2) is 48.8 Å². The number of H-pyrrole nitrogens is 1. The standard InChI is InChI=1S/C27H25F3N4O3/c1-15-10-18(14-32-26(15)37-20-6-2-16(3-7-20)11-24(35)36)21-8-4-17(13-31-21)25-33-22-9-5-19(27(28,29)30)12-23(22)34-25/h4-5,8-10,12-14,16,20H,2-3,6-7,11H2,1H3,(H,33,34)(H,35,36). The number of hydrogen-bond donors (Lipinski definition) is 2. The van der Waals surface area contributed by atoms with E-state index in [1.165, 1.54) is 6.07 Å². The Hall–Kier alpha value is -3.95. The predicted molar refractivity (Wildman–Crippen MR) is 131 cm³/mol. The van der Waals surface area contributed by atoms with E-state index in [2.05, 4.69) is 19.9 Å². The van der Waals surface area contributed by atoms with Crippen LogP contribution >= 0.6 is 0 Å². The van der Waals surface area contributed by atoms with Crippen molar-refractivity contribution in [2.24, 2.45) is 5.92 Å². The van der Waals surface area contributed by atoms with Crippen LogP contribution in [-0.4, -0.2) is 37.1 Å². The Bertz CT molecular complexity index is 1430. The molecule has 0 aliphatic heterocycles. The first kappa shape index (κ1) is 24.7. The van der Waals surface area contributed by atoms with Crippen LogP contribution in [0.3, 0.4) is 0 Å². The van der Waals surface area contributed by atoms with E-state index >= 15 is 0 Å².